The topological polar surface area (TPSA) is 53.9 Å². The molecule has 3 heterocycles. The summed E-state index contributed by atoms with van der Waals surface area (Å²) in [4.78, 5) is 13.0. The van der Waals surface area contributed by atoms with Crippen molar-refractivity contribution in [3.63, 3.8) is 0 Å². The Morgan fingerprint density at radius 3 is 3.04 bits per heavy atom. The van der Waals surface area contributed by atoms with Crippen LogP contribution in [0, 0.1) is 5.82 Å². The van der Waals surface area contributed by atoms with Gasteiger partial charge in [0.15, 0.2) is 11.7 Å². The molecule has 26 heavy (non-hydrogen) atoms. The Hall–Kier alpha value is -1.54. The van der Waals surface area contributed by atoms with Gasteiger partial charge in [0.25, 0.3) is 0 Å². The smallest absolute Gasteiger partial charge is 0.186 e. The van der Waals surface area contributed by atoms with E-state index in [2.05, 4.69) is 15.0 Å². The molecule has 5 nitrogen and oxygen atoms in total. The Morgan fingerprint density at radius 1 is 1.46 bits per heavy atom. The van der Waals surface area contributed by atoms with Gasteiger partial charge in [-0.1, -0.05) is 40.6 Å². The second kappa shape index (κ2) is 7.60. The summed E-state index contributed by atoms with van der Waals surface area (Å²) in [7, 11) is 0. The lowest BCUT2D eigenvalue weighted by Gasteiger charge is -2.32. The number of nitrogens with zero attached hydrogens (tertiary/aromatic N) is 4. The Kier molecular flexibility index (Phi) is 3.13. The van der Waals surface area contributed by atoms with Crippen molar-refractivity contribution in [2.45, 2.75) is 25.3 Å². The van der Waals surface area contributed by atoms with Gasteiger partial charge in [0.2, 0.25) is 0 Å². The molecule has 4 rings (SSSR count). The third kappa shape index (κ3) is 3.91. The molecule has 136 valence electrons. The van der Waals surface area contributed by atoms with Gasteiger partial charge in [0.1, 0.15) is 23.8 Å². The highest BCUT2D eigenvalue weighted by Gasteiger charge is 2.21. The summed E-state index contributed by atoms with van der Waals surface area (Å²) < 4.78 is 81.6. The number of likely N-dealkylation sites (tertiary alicyclic amines) is 1. The molecule has 0 spiro atoms. The SMILES string of the molecule is [2H]c1nc(N([2H])C2([2H])C([2H])([2H])CN(C([2H])c3ccc(F)c(Cl)c3)CC2([2H])[2H])c2nc(Cl)sc2n1. The molecule has 9 heteroatoms. The molecule has 1 unspecified atom stereocenters. The largest absolute Gasteiger partial charge is 0.365 e. The van der Waals surface area contributed by atoms with Gasteiger partial charge in [-0.05, 0) is 30.4 Å². The summed E-state index contributed by atoms with van der Waals surface area (Å²) in [5, 5.41) is 0.0433. The van der Waals surface area contributed by atoms with E-state index in [1.165, 1.54) is 12.1 Å². The first-order valence-corrected chi connectivity index (χ1v) is 8.96. The number of rotatable bonds is 4. The van der Waals surface area contributed by atoms with E-state index in [0.29, 0.717) is 0 Å². The van der Waals surface area contributed by atoms with Gasteiger partial charge in [0.05, 0.1) is 6.39 Å². The van der Waals surface area contributed by atoms with Crippen molar-refractivity contribution in [2.24, 2.45) is 0 Å². The molecule has 1 atom stereocenters. The molecule has 1 aliphatic rings. The van der Waals surface area contributed by atoms with Crippen molar-refractivity contribution in [3.05, 3.63) is 45.4 Å². The highest BCUT2D eigenvalue weighted by Crippen LogP contribution is 2.28. The van der Waals surface area contributed by atoms with Gasteiger partial charge in [0, 0.05) is 32.5 Å². The van der Waals surface area contributed by atoms with Crippen LogP contribution in [0.15, 0.2) is 24.5 Å². The molecular formula is C17H16Cl2FN5S. The van der Waals surface area contributed by atoms with Crippen LogP contribution in [0.1, 0.15) is 27.9 Å². The van der Waals surface area contributed by atoms with Crippen LogP contribution in [0.2, 0.25) is 10.9 Å². The molecule has 0 radical (unpaired) electrons. The number of halogens is 3. The zero-order valence-electron chi connectivity index (χ0n) is 21.0. The van der Waals surface area contributed by atoms with Gasteiger partial charge in [-0.15, -0.1) is 0 Å². The van der Waals surface area contributed by atoms with Crippen molar-refractivity contribution in [2.75, 3.05) is 18.4 Å². The lowest BCUT2D eigenvalue weighted by Crippen LogP contribution is -2.38. The highest BCUT2D eigenvalue weighted by molar-refractivity contribution is 7.21. The minimum Gasteiger partial charge on any atom is -0.365 e. The minimum absolute atomic E-state index is 0.0272. The quantitative estimate of drug-likeness (QED) is 0.668. The van der Waals surface area contributed by atoms with E-state index >= 15 is 0 Å². The maximum Gasteiger partial charge on any atom is 0.186 e. The van der Waals surface area contributed by atoms with E-state index in [0.717, 1.165) is 22.3 Å². The Labute approximate surface area is 175 Å². The highest BCUT2D eigenvalue weighted by atomic mass is 35.5. The summed E-state index contributed by atoms with van der Waals surface area (Å²) in [5.41, 5.74) is 0.160. The molecule has 1 fully saturated rings. The number of thiazole rings is 1. The standard InChI is InChI=1S/C17H16Cl2FN5S/c18-12-7-10(1-2-13(12)20)8-25-5-3-11(4-6-25)23-15-14-16(22-9-21-15)26-17(19)24-14/h1-2,7,9,11H,3-6,8H2,(H,21,22,23)/i3D2,4D2,8D,9D,11D/hD. The maximum atomic E-state index is 13.5. The summed E-state index contributed by atoms with van der Waals surface area (Å²) in [6.45, 7) is -2.52. The van der Waals surface area contributed by atoms with Crippen molar-refractivity contribution in [3.8, 4) is 0 Å². The second-order valence-corrected chi connectivity index (χ2v) is 7.26. The number of aromatic nitrogens is 3. The van der Waals surface area contributed by atoms with Crippen LogP contribution < -0.4 is 5.31 Å². The molecule has 0 amide bonds. The number of nitrogens with one attached hydrogen (secondary N) is 1. The molecule has 1 saturated heterocycles. The lowest BCUT2D eigenvalue weighted by atomic mass is 10.0. The maximum absolute atomic E-state index is 13.5. The number of hydrogen-bond acceptors (Lipinski definition) is 6. The average molecular weight is 420 g/mol. The summed E-state index contributed by atoms with van der Waals surface area (Å²) >= 11 is 12.6. The molecule has 2 aromatic heterocycles. The zero-order valence-corrected chi connectivity index (χ0v) is 15.3. The van der Waals surface area contributed by atoms with Crippen LogP contribution >= 0.6 is 34.5 Å². The average Bonchev–Trinajstić information content (AvgIpc) is 3.11. The Bertz CT molecular complexity index is 1250. The lowest BCUT2D eigenvalue weighted by molar-refractivity contribution is 0.211. The van der Waals surface area contributed by atoms with Crippen LogP contribution in [-0.2, 0) is 6.52 Å². The van der Waals surface area contributed by atoms with Crippen molar-refractivity contribution in [1.29, 1.82) is 0 Å². The third-order valence-corrected chi connectivity index (χ3v) is 4.84. The van der Waals surface area contributed by atoms with Crippen LogP contribution in [-0.4, -0.2) is 39.0 Å². The molecule has 3 aromatic rings. The van der Waals surface area contributed by atoms with E-state index in [1.807, 2.05) is 0 Å². The summed E-state index contributed by atoms with van der Waals surface area (Å²) in [5.74, 6) is -1.12. The minimum atomic E-state index is -2.86. The van der Waals surface area contributed by atoms with E-state index in [-0.39, 0.29) is 30.7 Å². The predicted octanol–water partition coefficient (Wildman–Crippen LogP) is 4.61. The first-order chi connectivity index (χ1) is 15.7. The first-order valence-electron chi connectivity index (χ1n) is 11.4. The Morgan fingerprint density at radius 2 is 2.27 bits per heavy atom. The van der Waals surface area contributed by atoms with E-state index in [1.54, 1.807) is 0 Å². The van der Waals surface area contributed by atoms with E-state index < -0.39 is 56.3 Å². The fraction of sp³-hybridized carbons (Fsp3) is 0.353. The summed E-state index contributed by atoms with van der Waals surface area (Å²) in [6, 6.07) is 0.701. The molecule has 0 bridgehead atoms. The van der Waals surface area contributed by atoms with Gasteiger partial charge < -0.3 is 5.31 Å². The third-order valence-electron chi connectivity index (χ3n) is 3.49. The predicted molar refractivity (Wildman–Crippen MR) is 104 cm³/mol. The van der Waals surface area contributed by atoms with Gasteiger partial charge in [-0.2, -0.15) is 0 Å². The van der Waals surface area contributed by atoms with E-state index in [9.17, 15) is 4.39 Å². The molecule has 1 aromatic carbocycles. The molecule has 0 saturated carbocycles. The first kappa shape index (κ1) is 10.7. The van der Waals surface area contributed by atoms with Crippen molar-refractivity contribution < 1.29 is 15.4 Å². The molecule has 0 aliphatic carbocycles. The van der Waals surface area contributed by atoms with Crippen molar-refractivity contribution in [1.82, 2.24) is 19.9 Å². The number of hydrogen-bond donors (Lipinski definition) is 1. The zero-order chi connectivity index (χ0) is 25.2. The van der Waals surface area contributed by atoms with Crippen molar-refractivity contribution >= 4 is 50.7 Å². The van der Waals surface area contributed by atoms with Crippen LogP contribution in [0.3, 0.4) is 0 Å². The van der Waals surface area contributed by atoms with Crippen LogP contribution in [0.25, 0.3) is 10.3 Å². The van der Waals surface area contributed by atoms with Crippen LogP contribution in [0.4, 0.5) is 10.2 Å². The molecule has 1 aliphatic heterocycles. The number of anilines is 1. The van der Waals surface area contributed by atoms with E-state index in [4.69, 9.17) is 34.2 Å². The number of benzene rings is 1. The number of fused-ring (bicyclic) bond motifs is 1. The van der Waals surface area contributed by atoms with Gasteiger partial charge >= 0.3 is 0 Å². The summed E-state index contributed by atoms with van der Waals surface area (Å²) in [6.07, 6.45) is -5.97. The monoisotopic (exact) mass is 419 g/mol. The molecular weight excluding hydrogens is 396 g/mol. The van der Waals surface area contributed by atoms with Gasteiger partial charge in [-0.3, -0.25) is 4.90 Å². The van der Waals surface area contributed by atoms with Crippen LogP contribution in [0.5, 0.6) is 0 Å². The van der Waals surface area contributed by atoms with Gasteiger partial charge in [-0.25, -0.2) is 19.3 Å². The fourth-order valence-corrected chi connectivity index (χ4v) is 3.42. The number of piperidine rings is 1. The fourth-order valence-electron chi connectivity index (χ4n) is 2.31. The normalized spacial score (nSPS) is 27.0. The Balaban J connectivity index is 1.74. The molecule has 1 N–H and O–H groups in total. The second-order valence-electron chi connectivity index (χ2n) is 5.29.